The Hall–Kier alpha value is -1.05. The van der Waals surface area contributed by atoms with E-state index in [1.54, 1.807) is 23.1 Å². The van der Waals surface area contributed by atoms with Crippen molar-refractivity contribution in [1.29, 1.82) is 0 Å². The van der Waals surface area contributed by atoms with Gasteiger partial charge in [-0.3, -0.25) is 4.79 Å². The Morgan fingerprint density at radius 1 is 1.17 bits per heavy atom. The average Bonchev–Trinajstić information content (AvgIpc) is 3.01. The predicted octanol–water partition coefficient (Wildman–Crippen LogP) is 4.65. The van der Waals surface area contributed by atoms with E-state index in [1.807, 2.05) is 18.2 Å². The summed E-state index contributed by atoms with van der Waals surface area (Å²) in [5.74, 6) is 1.90. The fraction of sp³-hybridized carbons (Fsp3) is 0.471. The summed E-state index contributed by atoms with van der Waals surface area (Å²) in [7, 11) is 0. The fourth-order valence-corrected chi connectivity index (χ4v) is 4.96. The molecule has 0 spiro atoms. The summed E-state index contributed by atoms with van der Waals surface area (Å²) >= 11 is 4.68. The predicted molar refractivity (Wildman–Crippen MR) is 104 cm³/mol. The van der Waals surface area contributed by atoms with Crippen LogP contribution < -0.4 is 5.32 Å². The molecule has 130 valence electrons. The minimum Gasteiger partial charge on any atom is -0.349 e. The van der Waals surface area contributed by atoms with Gasteiger partial charge >= 0.3 is 0 Å². The number of hydrogen-bond acceptors (Lipinski definition) is 6. The first-order valence-corrected chi connectivity index (χ1v) is 10.8. The van der Waals surface area contributed by atoms with E-state index in [0.29, 0.717) is 11.7 Å². The van der Waals surface area contributed by atoms with Crippen molar-refractivity contribution >= 4 is 40.8 Å². The molecular weight excluding hydrogens is 358 g/mol. The molecule has 0 radical (unpaired) electrons. The SMILES string of the molecule is CCSc1nnc(SCC(=O)N[C@H](CC(C)C)c2ccccc2)s1. The summed E-state index contributed by atoms with van der Waals surface area (Å²) in [5.41, 5.74) is 1.15. The van der Waals surface area contributed by atoms with E-state index in [0.717, 1.165) is 26.4 Å². The van der Waals surface area contributed by atoms with Crippen LogP contribution in [0.2, 0.25) is 0 Å². The van der Waals surface area contributed by atoms with Gasteiger partial charge in [0.2, 0.25) is 5.91 Å². The molecule has 0 saturated carbocycles. The monoisotopic (exact) mass is 381 g/mol. The van der Waals surface area contributed by atoms with E-state index in [2.05, 4.69) is 48.4 Å². The Labute approximate surface area is 156 Å². The van der Waals surface area contributed by atoms with Gasteiger partial charge in [-0.15, -0.1) is 10.2 Å². The molecule has 2 rings (SSSR count). The molecule has 1 heterocycles. The summed E-state index contributed by atoms with van der Waals surface area (Å²) in [6.45, 7) is 6.43. The highest BCUT2D eigenvalue weighted by atomic mass is 32.2. The maximum atomic E-state index is 12.3. The minimum absolute atomic E-state index is 0.0365. The molecule has 0 bridgehead atoms. The number of thioether (sulfide) groups is 2. The smallest absolute Gasteiger partial charge is 0.230 e. The third-order valence-electron chi connectivity index (χ3n) is 3.23. The Balaban J connectivity index is 1.90. The zero-order valence-corrected chi connectivity index (χ0v) is 16.6. The van der Waals surface area contributed by atoms with Crippen LogP contribution in [0, 0.1) is 5.92 Å². The van der Waals surface area contributed by atoms with Gasteiger partial charge in [-0.2, -0.15) is 0 Å². The normalized spacial score (nSPS) is 12.3. The summed E-state index contributed by atoms with van der Waals surface area (Å²) in [6.07, 6.45) is 0.927. The van der Waals surface area contributed by atoms with Crippen LogP contribution in [0.15, 0.2) is 39.0 Å². The second-order valence-corrected chi connectivity index (χ2v) is 9.43. The lowest BCUT2D eigenvalue weighted by Gasteiger charge is -2.21. The maximum Gasteiger partial charge on any atom is 0.230 e. The number of nitrogens with one attached hydrogen (secondary N) is 1. The molecule has 0 unspecified atom stereocenters. The molecule has 4 nitrogen and oxygen atoms in total. The van der Waals surface area contributed by atoms with Gasteiger partial charge in [-0.1, -0.05) is 86.0 Å². The quantitative estimate of drug-likeness (QED) is 0.641. The first-order valence-electron chi connectivity index (χ1n) is 8.02. The second-order valence-electron chi connectivity index (χ2n) is 5.72. The molecule has 1 N–H and O–H groups in total. The summed E-state index contributed by atoms with van der Waals surface area (Å²) in [6, 6.07) is 10.2. The molecular formula is C17H23N3OS3. The van der Waals surface area contributed by atoms with Crippen LogP contribution in [0.3, 0.4) is 0 Å². The van der Waals surface area contributed by atoms with Gasteiger partial charge in [0.05, 0.1) is 11.8 Å². The van der Waals surface area contributed by atoms with Crippen LogP contribution in [0.25, 0.3) is 0 Å². The molecule has 0 fully saturated rings. The van der Waals surface area contributed by atoms with Gasteiger partial charge in [-0.25, -0.2) is 0 Å². The highest BCUT2D eigenvalue weighted by Gasteiger charge is 2.16. The Morgan fingerprint density at radius 2 is 1.83 bits per heavy atom. The van der Waals surface area contributed by atoms with E-state index in [1.165, 1.54) is 11.8 Å². The standard InChI is InChI=1S/C17H23N3OS3/c1-4-22-16-19-20-17(24-16)23-11-15(21)18-14(10-12(2)3)13-8-6-5-7-9-13/h5-9,12,14H,4,10-11H2,1-3H3,(H,18,21)/t14-/m1/s1. The highest BCUT2D eigenvalue weighted by molar-refractivity contribution is 8.03. The number of carbonyl (C=O) groups is 1. The van der Waals surface area contributed by atoms with E-state index in [9.17, 15) is 4.79 Å². The lowest BCUT2D eigenvalue weighted by molar-refractivity contribution is -0.119. The Morgan fingerprint density at radius 3 is 2.46 bits per heavy atom. The zero-order chi connectivity index (χ0) is 17.4. The summed E-state index contributed by atoms with van der Waals surface area (Å²) in [4.78, 5) is 12.3. The van der Waals surface area contributed by atoms with Crippen LogP contribution in [-0.2, 0) is 4.79 Å². The molecule has 1 aromatic heterocycles. The molecule has 1 atom stereocenters. The minimum atomic E-state index is 0.0365. The molecule has 0 aliphatic rings. The highest BCUT2D eigenvalue weighted by Crippen LogP contribution is 2.28. The van der Waals surface area contributed by atoms with Gasteiger partial charge in [0.1, 0.15) is 0 Å². The van der Waals surface area contributed by atoms with E-state index in [4.69, 9.17) is 0 Å². The fourth-order valence-electron chi connectivity index (χ4n) is 2.24. The molecule has 0 saturated heterocycles. The molecule has 0 aliphatic heterocycles. The van der Waals surface area contributed by atoms with Crippen molar-refractivity contribution in [3.05, 3.63) is 35.9 Å². The number of aromatic nitrogens is 2. The number of nitrogens with zero attached hydrogens (tertiary/aromatic N) is 2. The van der Waals surface area contributed by atoms with Crippen molar-refractivity contribution in [2.24, 2.45) is 5.92 Å². The lowest BCUT2D eigenvalue weighted by atomic mass is 9.97. The van der Waals surface area contributed by atoms with E-state index < -0.39 is 0 Å². The van der Waals surface area contributed by atoms with E-state index in [-0.39, 0.29) is 11.9 Å². The molecule has 24 heavy (non-hydrogen) atoms. The summed E-state index contributed by atoms with van der Waals surface area (Å²) in [5, 5.41) is 11.4. The van der Waals surface area contributed by atoms with Crippen molar-refractivity contribution in [2.45, 2.75) is 41.9 Å². The Kier molecular flexibility index (Phi) is 8.08. The van der Waals surface area contributed by atoms with Crippen molar-refractivity contribution in [3.63, 3.8) is 0 Å². The molecule has 0 aliphatic carbocycles. The number of carbonyl (C=O) groups excluding carboxylic acids is 1. The molecule has 1 aromatic carbocycles. The van der Waals surface area contributed by atoms with Gasteiger partial charge in [0.15, 0.2) is 8.68 Å². The maximum absolute atomic E-state index is 12.3. The van der Waals surface area contributed by atoms with Crippen LogP contribution >= 0.6 is 34.9 Å². The van der Waals surface area contributed by atoms with Gasteiger partial charge < -0.3 is 5.32 Å². The zero-order valence-electron chi connectivity index (χ0n) is 14.2. The average molecular weight is 382 g/mol. The molecule has 1 amide bonds. The number of hydrogen-bond donors (Lipinski definition) is 1. The van der Waals surface area contributed by atoms with Crippen LogP contribution in [0.1, 0.15) is 38.8 Å². The largest absolute Gasteiger partial charge is 0.349 e. The molecule has 2 aromatic rings. The summed E-state index contributed by atoms with van der Waals surface area (Å²) < 4.78 is 1.81. The van der Waals surface area contributed by atoms with E-state index >= 15 is 0 Å². The number of benzene rings is 1. The van der Waals surface area contributed by atoms with Crippen molar-refractivity contribution in [1.82, 2.24) is 15.5 Å². The topological polar surface area (TPSA) is 54.9 Å². The third kappa shape index (κ3) is 6.45. The van der Waals surface area contributed by atoms with Gasteiger partial charge in [-0.05, 0) is 23.7 Å². The second kappa shape index (κ2) is 10.1. The van der Waals surface area contributed by atoms with Gasteiger partial charge in [0.25, 0.3) is 0 Å². The van der Waals surface area contributed by atoms with Gasteiger partial charge in [0, 0.05) is 0 Å². The van der Waals surface area contributed by atoms with Crippen molar-refractivity contribution in [2.75, 3.05) is 11.5 Å². The first-order chi connectivity index (χ1) is 11.6. The number of amides is 1. The first kappa shape index (κ1) is 19.3. The van der Waals surface area contributed by atoms with Crippen molar-refractivity contribution in [3.8, 4) is 0 Å². The van der Waals surface area contributed by atoms with Crippen LogP contribution in [0.4, 0.5) is 0 Å². The Bertz CT molecular complexity index is 631. The van der Waals surface area contributed by atoms with Crippen LogP contribution in [0.5, 0.6) is 0 Å². The molecule has 7 heteroatoms. The number of rotatable bonds is 9. The lowest BCUT2D eigenvalue weighted by Crippen LogP contribution is -2.30. The third-order valence-corrected chi connectivity index (χ3v) is 6.30. The van der Waals surface area contributed by atoms with Crippen LogP contribution in [-0.4, -0.2) is 27.6 Å². The van der Waals surface area contributed by atoms with Crippen molar-refractivity contribution < 1.29 is 4.79 Å².